The van der Waals surface area contributed by atoms with Crippen molar-refractivity contribution in [2.45, 2.75) is 89.8 Å². The number of rotatable bonds is 13. The lowest BCUT2D eigenvalue weighted by molar-refractivity contribution is -0.142. The van der Waals surface area contributed by atoms with Gasteiger partial charge in [0.25, 0.3) is 11.8 Å². The molecule has 0 aromatic heterocycles. The van der Waals surface area contributed by atoms with Gasteiger partial charge in [0.1, 0.15) is 12.3 Å². The number of hydrogen-bond donors (Lipinski definition) is 4. The number of ether oxygens (including phenoxy) is 2. The number of amides is 6. The van der Waals surface area contributed by atoms with Crippen molar-refractivity contribution in [2.75, 3.05) is 18.0 Å². The highest BCUT2D eigenvalue weighted by Crippen LogP contribution is 2.39. The van der Waals surface area contributed by atoms with Crippen LogP contribution in [0.25, 0.3) is 11.1 Å². The first-order valence-electron chi connectivity index (χ1n) is 19.8. The van der Waals surface area contributed by atoms with Crippen molar-refractivity contribution in [2.24, 2.45) is 22.9 Å². The molecule has 4 aliphatic carbocycles. The average molecular weight is 804 g/mol. The molecule has 3 aromatic rings. The lowest BCUT2D eigenvalue weighted by atomic mass is 9.95. The Kier molecular flexibility index (Phi) is 11.5. The van der Waals surface area contributed by atoms with E-state index in [0.29, 0.717) is 73.9 Å². The van der Waals surface area contributed by atoms with Crippen LogP contribution in [0.15, 0.2) is 77.9 Å². The van der Waals surface area contributed by atoms with E-state index < -0.39 is 60.4 Å². The quantitative estimate of drug-likeness (QED) is 0.197. The van der Waals surface area contributed by atoms with Crippen molar-refractivity contribution in [1.82, 2.24) is 9.80 Å². The van der Waals surface area contributed by atoms with E-state index in [-0.39, 0.29) is 24.0 Å². The molecule has 0 spiro atoms. The van der Waals surface area contributed by atoms with Gasteiger partial charge in [-0.1, -0.05) is 60.7 Å². The van der Waals surface area contributed by atoms with Crippen LogP contribution in [0.5, 0.6) is 0 Å². The summed E-state index contributed by atoms with van der Waals surface area (Å²) >= 11 is 0. The molecule has 6 amide bonds. The van der Waals surface area contributed by atoms with E-state index in [1.54, 1.807) is 34.1 Å². The van der Waals surface area contributed by atoms with Crippen molar-refractivity contribution < 1.29 is 38.2 Å². The summed E-state index contributed by atoms with van der Waals surface area (Å²) in [6.07, 6.45) is -3.69. The maximum atomic E-state index is 14.8. The Morgan fingerprint density at radius 3 is 1.46 bits per heavy atom. The second kappa shape index (κ2) is 16.7. The minimum absolute atomic E-state index is 0.115. The van der Waals surface area contributed by atoms with E-state index in [2.05, 4.69) is 4.90 Å². The summed E-state index contributed by atoms with van der Waals surface area (Å²) in [6.45, 7) is 4.57. The lowest BCUT2D eigenvalue weighted by Gasteiger charge is -2.45. The number of nitrogens with two attached hydrogens (primary N) is 4. The highest BCUT2D eigenvalue weighted by molar-refractivity contribution is 6.20. The van der Waals surface area contributed by atoms with Crippen LogP contribution in [0.1, 0.15) is 71.9 Å². The highest BCUT2D eigenvalue weighted by Gasteiger charge is 2.46. The van der Waals surface area contributed by atoms with Crippen LogP contribution in [0, 0.1) is 13.8 Å². The maximum absolute atomic E-state index is 14.8. The molecule has 8 N–H and O–H groups in total. The number of aryl methyl sites for hydroxylation is 1. The highest BCUT2D eigenvalue weighted by atomic mass is 16.6. The van der Waals surface area contributed by atoms with Gasteiger partial charge < -0.3 is 47.1 Å². The first-order chi connectivity index (χ1) is 28.2. The number of anilines is 1. The molecule has 59 heavy (non-hydrogen) atoms. The van der Waals surface area contributed by atoms with E-state index in [4.69, 9.17) is 32.4 Å². The summed E-state index contributed by atoms with van der Waals surface area (Å²) in [5, 5.41) is 0. The van der Waals surface area contributed by atoms with Gasteiger partial charge in [0.05, 0.1) is 0 Å². The smallest absolute Gasteiger partial charge is 0.405 e. The van der Waals surface area contributed by atoms with Crippen LogP contribution in [-0.4, -0.2) is 83.2 Å². The Morgan fingerprint density at radius 1 is 0.644 bits per heavy atom. The fraction of sp³-hybridized carbons (Fsp3) is 0.364. The fourth-order valence-corrected chi connectivity index (χ4v) is 9.22. The van der Waals surface area contributed by atoms with E-state index in [1.165, 1.54) is 0 Å². The Labute approximate surface area is 341 Å². The number of nitrogens with zero attached hydrogens (tertiary/aromatic N) is 3. The predicted octanol–water partition coefficient (Wildman–Crippen LogP) is 3.71. The summed E-state index contributed by atoms with van der Waals surface area (Å²) in [6, 6.07) is 20.5. The summed E-state index contributed by atoms with van der Waals surface area (Å²) < 4.78 is 11.1. The Morgan fingerprint density at radius 2 is 1.07 bits per heavy atom. The third kappa shape index (κ3) is 8.22. The number of fused-ring (bicyclic) bond motifs is 6. The molecular formula is C44H49N7O8. The molecule has 0 radical (unpaired) electrons. The minimum Gasteiger partial charge on any atom is -0.436 e. The van der Waals surface area contributed by atoms with Gasteiger partial charge in [-0.25, -0.2) is 9.59 Å². The van der Waals surface area contributed by atoms with Crippen molar-refractivity contribution in [3.8, 4) is 0 Å². The molecule has 4 atom stereocenters. The van der Waals surface area contributed by atoms with Gasteiger partial charge in [-0.2, -0.15) is 0 Å². The molecule has 0 saturated carbocycles. The largest absolute Gasteiger partial charge is 0.436 e. The van der Waals surface area contributed by atoms with E-state index in [9.17, 15) is 28.8 Å². The zero-order valence-electron chi connectivity index (χ0n) is 33.1. The topological polar surface area (TPSA) is 235 Å². The molecule has 2 saturated heterocycles. The Bertz CT molecular complexity index is 2130. The predicted molar refractivity (Wildman–Crippen MR) is 219 cm³/mol. The number of primary amides is 4. The molecule has 3 aromatic carbocycles. The maximum Gasteiger partial charge on any atom is 0.405 e. The first-order valence-corrected chi connectivity index (χ1v) is 19.8. The van der Waals surface area contributed by atoms with Crippen molar-refractivity contribution >= 4 is 52.6 Å². The van der Waals surface area contributed by atoms with Gasteiger partial charge in [0.15, 0.2) is 12.2 Å². The third-order valence-electron chi connectivity index (χ3n) is 12.0. The van der Waals surface area contributed by atoms with Crippen molar-refractivity contribution in [3.05, 3.63) is 111 Å². The number of carbonyl (C=O) groups is 6. The van der Waals surface area contributed by atoms with Crippen LogP contribution in [0.3, 0.4) is 0 Å². The van der Waals surface area contributed by atoms with Crippen LogP contribution >= 0.6 is 0 Å². The minimum atomic E-state index is -1.38. The van der Waals surface area contributed by atoms with Crippen molar-refractivity contribution in [3.63, 3.8) is 0 Å². The normalized spacial score (nSPS) is 19.3. The summed E-state index contributed by atoms with van der Waals surface area (Å²) in [7, 11) is 0. The number of benzene rings is 3. The number of hydrogen-bond acceptors (Lipinski definition) is 9. The zero-order valence-corrected chi connectivity index (χ0v) is 33.1. The molecule has 2 unspecified atom stereocenters. The molecule has 4 bridgehead atoms. The lowest BCUT2D eigenvalue weighted by Crippen LogP contribution is -2.59. The van der Waals surface area contributed by atoms with Crippen LogP contribution in [0.2, 0.25) is 0 Å². The number of likely N-dealkylation sites (tertiary alicyclic amines) is 2. The zero-order chi connectivity index (χ0) is 42.1. The molecule has 6 aliphatic rings. The standard InChI is InChI=1S/C44H49N7O8/c1-24-6-3-7-32(25(24)2)51(35-8-4-18-49(35)41(54)33(58-43(47)56)22-30-20-26-10-14-28(15-11-26)37(30)39(45)52)36-9-5-19-50(36)42(55)34(59-44(48)57)23-31-21-27-12-16-29(17-13-27)38(31)40(46)53/h3,6-7,10-17,33-36H,4-5,8-9,18-23H2,1-2H3,(H2,45,52)(H2,46,53)(H2,47,56)(H2,48,57)/t33-,34-,35?,36?/m0/s1. The monoisotopic (exact) mass is 803 g/mol. The SMILES string of the molecule is Cc1cccc(N(C2CCCN2C(=O)[C@H](CC2=C(C(N)=O)c3ccc(cc3)C2)OC(N)=O)C2CCCN2C(=O)[C@H](CC2=C(C(N)=O)c3ccc(cc3)C2)OC(N)=O)c1C. The molecule has 15 nitrogen and oxygen atoms in total. The average Bonchev–Trinajstić information content (AvgIpc) is 3.69. The third-order valence-corrected chi connectivity index (χ3v) is 12.0. The summed E-state index contributed by atoms with van der Waals surface area (Å²) in [5.74, 6) is -2.35. The second-order valence-electron chi connectivity index (χ2n) is 15.6. The molecular weight excluding hydrogens is 755 g/mol. The van der Waals surface area contributed by atoms with Gasteiger partial charge in [0, 0.05) is 42.8 Å². The van der Waals surface area contributed by atoms with E-state index in [1.807, 2.05) is 56.3 Å². The molecule has 2 heterocycles. The number of carbonyl (C=O) groups excluding carboxylic acids is 6. The van der Waals surface area contributed by atoms with Gasteiger partial charge in [-0.05, 0) is 103 Å². The van der Waals surface area contributed by atoms with Gasteiger partial charge >= 0.3 is 12.2 Å². The van der Waals surface area contributed by atoms with E-state index >= 15 is 0 Å². The van der Waals surface area contributed by atoms with E-state index in [0.717, 1.165) is 27.9 Å². The van der Waals surface area contributed by atoms with Gasteiger partial charge in [-0.3, -0.25) is 19.2 Å². The molecule has 9 rings (SSSR count). The van der Waals surface area contributed by atoms with Gasteiger partial charge in [0.2, 0.25) is 11.8 Å². The Hall–Kier alpha value is -6.64. The molecule has 2 aliphatic heterocycles. The van der Waals surface area contributed by atoms with Gasteiger partial charge in [-0.15, -0.1) is 0 Å². The molecule has 308 valence electrons. The Balaban J connectivity index is 1.24. The summed E-state index contributed by atoms with van der Waals surface area (Å²) in [4.78, 5) is 85.3. The van der Waals surface area contributed by atoms with Crippen molar-refractivity contribution in [1.29, 1.82) is 0 Å². The van der Waals surface area contributed by atoms with Crippen LogP contribution in [0.4, 0.5) is 15.3 Å². The summed E-state index contributed by atoms with van der Waals surface area (Å²) in [5.41, 5.74) is 30.2. The first kappa shape index (κ1) is 40.6. The van der Waals surface area contributed by atoms with Crippen LogP contribution in [-0.2, 0) is 41.5 Å². The fourth-order valence-electron chi connectivity index (χ4n) is 9.22. The second-order valence-corrected chi connectivity index (χ2v) is 15.6. The molecule has 2 fully saturated rings. The molecule has 15 heteroatoms. The van der Waals surface area contributed by atoms with Crippen LogP contribution < -0.4 is 27.8 Å².